The monoisotopic (exact) mass is 262 g/mol. The van der Waals surface area contributed by atoms with Crippen LogP contribution in [0.2, 0.25) is 0 Å². The fourth-order valence-electron chi connectivity index (χ4n) is 1.97. The van der Waals surface area contributed by atoms with Gasteiger partial charge >= 0.3 is 0 Å². The van der Waals surface area contributed by atoms with Crippen LogP contribution in [-0.4, -0.2) is 49.9 Å². The van der Waals surface area contributed by atoms with Gasteiger partial charge in [0.2, 0.25) is 5.91 Å². The lowest BCUT2D eigenvalue weighted by Crippen LogP contribution is -2.46. The van der Waals surface area contributed by atoms with Crippen LogP contribution in [0.4, 0.5) is 0 Å². The summed E-state index contributed by atoms with van der Waals surface area (Å²) in [6.07, 6.45) is 1.17. The number of nitrogens with one attached hydrogen (secondary N) is 1. The SMILES string of the molecule is O=Cc1ccc(OCCC(=O)N2CCNCC2)cc1. The van der Waals surface area contributed by atoms with Crippen LogP contribution in [0.15, 0.2) is 24.3 Å². The van der Waals surface area contributed by atoms with Crippen molar-refractivity contribution in [1.29, 1.82) is 0 Å². The molecule has 1 aromatic carbocycles. The quantitative estimate of drug-likeness (QED) is 0.794. The number of piperazine rings is 1. The van der Waals surface area contributed by atoms with Crippen molar-refractivity contribution in [3.05, 3.63) is 29.8 Å². The zero-order valence-electron chi connectivity index (χ0n) is 10.8. The molecule has 1 fully saturated rings. The molecule has 0 radical (unpaired) electrons. The Balaban J connectivity index is 1.72. The molecule has 0 saturated carbocycles. The molecule has 0 aromatic heterocycles. The molecule has 2 rings (SSSR count). The lowest BCUT2D eigenvalue weighted by Gasteiger charge is -2.27. The molecule has 5 nitrogen and oxygen atoms in total. The van der Waals surface area contributed by atoms with Crippen LogP contribution in [0, 0.1) is 0 Å². The van der Waals surface area contributed by atoms with Crippen molar-refractivity contribution in [3.8, 4) is 5.75 Å². The van der Waals surface area contributed by atoms with Gasteiger partial charge in [0.25, 0.3) is 0 Å². The van der Waals surface area contributed by atoms with Crippen molar-refractivity contribution in [2.45, 2.75) is 6.42 Å². The van der Waals surface area contributed by atoms with E-state index in [0.717, 1.165) is 32.5 Å². The summed E-state index contributed by atoms with van der Waals surface area (Å²) in [4.78, 5) is 24.2. The molecule has 5 heteroatoms. The van der Waals surface area contributed by atoms with Gasteiger partial charge in [-0.15, -0.1) is 0 Å². The highest BCUT2D eigenvalue weighted by atomic mass is 16.5. The van der Waals surface area contributed by atoms with Crippen molar-refractivity contribution in [2.75, 3.05) is 32.8 Å². The summed E-state index contributed by atoms with van der Waals surface area (Å²) in [5.41, 5.74) is 0.615. The summed E-state index contributed by atoms with van der Waals surface area (Å²) >= 11 is 0. The molecule has 0 spiro atoms. The van der Waals surface area contributed by atoms with Crippen molar-refractivity contribution >= 4 is 12.2 Å². The van der Waals surface area contributed by atoms with E-state index in [1.165, 1.54) is 0 Å². The molecule has 1 aromatic rings. The zero-order valence-corrected chi connectivity index (χ0v) is 10.8. The highest BCUT2D eigenvalue weighted by Gasteiger charge is 2.15. The summed E-state index contributed by atoms with van der Waals surface area (Å²) in [5.74, 6) is 0.810. The van der Waals surface area contributed by atoms with Crippen LogP contribution in [0.3, 0.4) is 0 Å². The van der Waals surface area contributed by atoms with Gasteiger partial charge in [-0.25, -0.2) is 0 Å². The second-order valence-corrected chi connectivity index (χ2v) is 4.42. The van der Waals surface area contributed by atoms with Crippen LogP contribution in [0.5, 0.6) is 5.75 Å². The summed E-state index contributed by atoms with van der Waals surface area (Å²) in [5, 5.41) is 3.21. The number of aldehydes is 1. The van der Waals surface area contributed by atoms with E-state index in [9.17, 15) is 9.59 Å². The lowest BCUT2D eigenvalue weighted by atomic mass is 10.2. The second kappa shape index (κ2) is 6.89. The Morgan fingerprint density at radius 3 is 2.58 bits per heavy atom. The molecule has 1 N–H and O–H groups in total. The predicted octanol–water partition coefficient (Wildman–Crippen LogP) is 0.700. The Morgan fingerprint density at radius 2 is 1.95 bits per heavy atom. The molecule has 1 saturated heterocycles. The van der Waals surface area contributed by atoms with Gasteiger partial charge < -0.3 is 15.0 Å². The van der Waals surface area contributed by atoms with E-state index in [0.29, 0.717) is 24.3 Å². The number of carbonyl (C=O) groups excluding carboxylic acids is 2. The maximum absolute atomic E-state index is 11.9. The average Bonchev–Trinajstić information content (AvgIpc) is 2.49. The van der Waals surface area contributed by atoms with Crippen LogP contribution in [0.1, 0.15) is 16.8 Å². The maximum Gasteiger partial charge on any atom is 0.226 e. The molecule has 19 heavy (non-hydrogen) atoms. The third-order valence-electron chi connectivity index (χ3n) is 3.07. The number of hydrogen-bond acceptors (Lipinski definition) is 4. The molecule has 0 bridgehead atoms. The summed E-state index contributed by atoms with van der Waals surface area (Å²) < 4.78 is 5.49. The molecule has 1 amide bonds. The standard InChI is InChI=1S/C14H18N2O3/c17-11-12-1-3-13(4-2-12)19-10-5-14(18)16-8-6-15-7-9-16/h1-4,11,15H,5-10H2. The summed E-state index contributed by atoms with van der Waals surface area (Å²) in [6, 6.07) is 6.86. The first kappa shape index (κ1) is 13.5. The molecule has 0 aliphatic carbocycles. The van der Waals surface area contributed by atoms with Gasteiger partial charge in [-0.1, -0.05) is 0 Å². The van der Waals surface area contributed by atoms with Gasteiger partial charge in [0.15, 0.2) is 0 Å². The number of benzene rings is 1. The number of rotatable bonds is 5. The van der Waals surface area contributed by atoms with E-state index in [1.807, 2.05) is 4.90 Å². The van der Waals surface area contributed by atoms with E-state index in [4.69, 9.17) is 4.74 Å². The fraction of sp³-hybridized carbons (Fsp3) is 0.429. The van der Waals surface area contributed by atoms with Crippen molar-refractivity contribution in [1.82, 2.24) is 10.2 Å². The minimum absolute atomic E-state index is 0.131. The predicted molar refractivity (Wildman–Crippen MR) is 71.4 cm³/mol. The summed E-state index contributed by atoms with van der Waals surface area (Å²) in [7, 11) is 0. The van der Waals surface area contributed by atoms with E-state index >= 15 is 0 Å². The fourth-order valence-corrected chi connectivity index (χ4v) is 1.97. The molecular weight excluding hydrogens is 244 g/mol. The number of nitrogens with zero attached hydrogens (tertiary/aromatic N) is 1. The van der Waals surface area contributed by atoms with E-state index in [-0.39, 0.29) is 5.91 Å². The van der Waals surface area contributed by atoms with Crippen molar-refractivity contribution in [2.24, 2.45) is 0 Å². The lowest BCUT2D eigenvalue weighted by molar-refractivity contribution is -0.132. The Morgan fingerprint density at radius 1 is 1.26 bits per heavy atom. The first-order valence-electron chi connectivity index (χ1n) is 6.46. The molecule has 1 heterocycles. The minimum atomic E-state index is 0.131. The third-order valence-corrected chi connectivity index (χ3v) is 3.07. The number of hydrogen-bond donors (Lipinski definition) is 1. The van der Waals surface area contributed by atoms with Crippen LogP contribution in [-0.2, 0) is 4.79 Å². The van der Waals surface area contributed by atoms with Crippen molar-refractivity contribution < 1.29 is 14.3 Å². The normalized spacial score (nSPS) is 15.1. The van der Waals surface area contributed by atoms with Gasteiger partial charge in [-0.05, 0) is 24.3 Å². The Labute approximate surface area is 112 Å². The average molecular weight is 262 g/mol. The first-order valence-corrected chi connectivity index (χ1v) is 6.46. The highest BCUT2D eigenvalue weighted by Crippen LogP contribution is 2.11. The Bertz CT molecular complexity index is 425. The van der Waals surface area contributed by atoms with E-state index < -0.39 is 0 Å². The molecule has 102 valence electrons. The van der Waals surface area contributed by atoms with E-state index in [2.05, 4.69) is 5.32 Å². The maximum atomic E-state index is 11.9. The summed E-state index contributed by atoms with van der Waals surface area (Å²) in [6.45, 7) is 3.63. The Kier molecular flexibility index (Phi) is 4.92. The third kappa shape index (κ3) is 4.06. The zero-order chi connectivity index (χ0) is 13.5. The van der Waals surface area contributed by atoms with Crippen LogP contribution >= 0.6 is 0 Å². The molecular formula is C14H18N2O3. The molecule has 1 aliphatic heterocycles. The van der Waals surface area contributed by atoms with Gasteiger partial charge in [-0.2, -0.15) is 0 Å². The van der Waals surface area contributed by atoms with Crippen LogP contribution in [0.25, 0.3) is 0 Å². The van der Waals surface area contributed by atoms with E-state index in [1.54, 1.807) is 24.3 Å². The molecule has 0 atom stereocenters. The first-order chi connectivity index (χ1) is 9.29. The Hall–Kier alpha value is -1.88. The molecule has 1 aliphatic rings. The molecule has 0 unspecified atom stereocenters. The number of ether oxygens (including phenoxy) is 1. The van der Waals surface area contributed by atoms with Gasteiger partial charge in [0, 0.05) is 31.7 Å². The topological polar surface area (TPSA) is 58.6 Å². The smallest absolute Gasteiger partial charge is 0.226 e. The van der Waals surface area contributed by atoms with Crippen LogP contribution < -0.4 is 10.1 Å². The number of carbonyl (C=O) groups is 2. The number of amides is 1. The van der Waals surface area contributed by atoms with Gasteiger partial charge in [-0.3, -0.25) is 9.59 Å². The van der Waals surface area contributed by atoms with Gasteiger partial charge in [0.1, 0.15) is 12.0 Å². The second-order valence-electron chi connectivity index (χ2n) is 4.42. The largest absolute Gasteiger partial charge is 0.493 e. The minimum Gasteiger partial charge on any atom is -0.493 e. The highest BCUT2D eigenvalue weighted by molar-refractivity contribution is 5.76. The van der Waals surface area contributed by atoms with Crippen molar-refractivity contribution in [3.63, 3.8) is 0 Å². The van der Waals surface area contributed by atoms with Gasteiger partial charge in [0.05, 0.1) is 13.0 Å².